The van der Waals surface area contributed by atoms with Crippen LogP contribution in [-0.2, 0) is 0 Å². The Kier molecular flexibility index (Phi) is 3.86. The number of alkyl halides is 3. The minimum absolute atomic E-state index is 0.127. The third-order valence-electron chi connectivity index (χ3n) is 1.64. The van der Waals surface area contributed by atoms with Crippen molar-refractivity contribution in [2.75, 3.05) is 0 Å². The van der Waals surface area contributed by atoms with Crippen LogP contribution in [0.1, 0.15) is 11.6 Å². The van der Waals surface area contributed by atoms with Crippen LogP contribution in [0.3, 0.4) is 0 Å². The standard InChI is InChI=1S/C8H7BrF3NS/c9-6-3-1-2-5(4-6)7(13-14)8(10,11)12/h1-4,7,13-14H. The van der Waals surface area contributed by atoms with Crippen molar-refractivity contribution < 1.29 is 13.2 Å². The van der Waals surface area contributed by atoms with Crippen LogP contribution in [0.25, 0.3) is 0 Å². The molecule has 1 N–H and O–H groups in total. The summed E-state index contributed by atoms with van der Waals surface area (Å²) in [4.78, 5) is 0. The second kappa shape index (κ2) is 4.55. The molecule has 1 unspecified atom stereocenters. The summed E-state index contributed by atoms with van der Waals surface area (Å²) >= 11 is 6.58. The first-order chi connectivity index (χ1) is 6.45. The van der Waals surface area contributed by atoms with Crippen molar-refractivity contribution in [2.24, 2.45) is 0 Å². The molecule has 0 saturated carbocycles. The van der Waals surface area contributed by atoms with Crippen molar-refractivity contribution in [3.05, 3.63) is 34.3 Å². The van der Waals surface area contributed by atoms with Gasteiger partial charge in [0.25, 0.3) is 0 Å². The highest BCUT2D eigenvalue weighted by Gasteiger charge is 2.40. The number of nitrogens with one attached hydrogen (secondary N) is 1. The Balaban J connectivity index is 3.01. The van der Waals surface area contributed by atoms with Crippen molar-refractivity contribution >= 4 is 28.7 Å². The first-order valence-corrected chi connectivity index (χ1v) is 4.91. The number of hydrogen-bond acceptors (Lipinski definition) is 2. The predicted molar refractivity (Wildman–Crippen MR) is 55.1 cm³/mol. The monoisotopic (exact) mass is 285 g/mol. The molecule has 0 saturated heterocycles. The molecule has 0 amide bonds. The molecule has 0 spiro atoms. The molecule has 14 heavy (non-hydrogen) atoms. The van der Waals surface area contributed by atoms with E-state index >= 15 is 0 Å². The van der Waals surface area contributed by atoms with Crippen molar-refractivity contribution in [1.82, 2.24) is 4.72 Å². The maximum Gasteiger partial charge on any atom is 0.408 e. The Bertz CT molecular complexity index is 316. The third kappa shape index (κ3) is 2.90. The lowest BCUT2D eigenvalue weighted by atomic mass is 10.1. The molecule has 78 valence electrons. The van der Waals surface area contributed by atoms with E-state index in [-0.39, 0.29) is 5.56 Å². The summed E-state index contributed by atoms with van der Waals surface area (Å²) in [6, 6.07) is 4.26. The Morgan fingerprint density at radius 3 is 2.43 bits per heavy atom. The maximum atomic E-state index is 12.4. The fourth-order valence-corrected chi connectivity index (χ4v) is 1.74. The summed E-state index contributed by atoms with van der Waals surface area (Å²) in [5.74, 6) is 0. The quantitative estimate of drug-likeness (QED) is 0.793. The first kappa shape index (κ1) is 11.9. The van der Waals surface area contributed by atoms with Gasteiger partial charge in [-0.1, -0.05) is 40.9 Å². The highest BCUT2D eigenvalue weighted by atomic mass is 79.9. The average Bonchev–Trinajstić information content (AvgIpc) is 2.02. The molecule has 1 nitrogen and oxygen atoms in total. The fraction of sp³-hybridized carbons (Fsp3) is 0.250. The zero-order chi connectivity index (χ0) is 10.8. The molecule has 0 heterocycles. The second-order valence-corrected chi connectivity index (χ2v) is 3.83. The van der Waals surface area contributed by atoms with Crippen molar-refractivity contribution in [3.8, 4) is 0 Å². The van der Waals surface area contributed by atoms with Crippen LogP contribution >= 0.6 is 28.7 Å². The van der Waals surface area contributed by atoms with Gasteiger partial charge in [0.15, 0.2) is 0 Å². The number of hydrogen-bond donors (Lipinski definition) is 2. The molecular formula is C8H7BrF3NS. The molecular weight excluding hydrogens is 279 g/mol. The minimum Gasteiger partial charge on any atom is -0.251 e. The van der Waals surface area contributed by atoms with E-state index in [0.29, 0.717) is 4.47 Å². The van der Waals surface area contributed by atoms with Gasteiger partial charge in [-0.15, -0.1) is 0 Å². The highest BCUT2D eigenvalue weighted by molar-refractivity contribution is 9.10. The molecule has 0 fully saturated rings. The molecule has 1 aromatic rings. The van der Waals surface area contributed by atoms with Crippen LogP contribution in [0, 0.1) is 0 Å². The van der Waals surface area contributed by atoms with Crippen LogP contribution < -0.4 is 4.72 Å². The lowest BCUT2D eigenvalue weighted by molar-refractivity contribution is -0.152. The van der Waals surface area contributed by atoms with E-state index < -0.39 is 12.2 Å². The SMILES string of the molecule is FC(F)(F)C(NS)c1cccc(Br)c1. The van der Waals surface area contributed by atoms with Gasteiger partial charge in [-0.2, -0.15) is 13.2 Å². The van der Waals surface area contributed by atoms with Gasteiger partial charge in [0.2, 0.25) is 0 Å². The van der Waals surface area contributed by atoms with Crippen molar-refractivity contribution in [3.63, 3.8) is 0 Å². The smallest absolute Gasteiger partial charge is 0.251 e. The molecule has 0 radical (unpaired) electrons. The molecule has 1 atom stereocenters. The van der Waals surface area contributed by atoms with Gasteiger partial charge in [-0.05, 0) is 17.7 Å². The summed E-state index contributed by atoms with van der Waals surface area (Å²) in [6.07, 6.45) is -4.34. The van der Waals surface area contributed by atoms with Crippen LogP contribution in [0.5, 0.6) is 0 Å². The van der Waals surface area contributed by atoms with Crippen molar-refractivity contribution in [1.29, 1.82) is 0 Å². The molecule has 0 aliphatic carbocycles. The van der Waals surface area contributed by atoms with E-state index in [1.54, 1.807) is 12.1 Å². The van der Waals surface area contributed by atoms with Crippen LogP contribution in [-0.4, -0.2) is 6.18 Å². The number of halogens is 4. The maximum absolute atomic E-state index is 12.4. The van der Waals surface area contributed by atoms with E-state index in [0.717, 1.165) is 0 Å². The summed E-state index contributed by atoms with van der Waals surface area (Å²) < 4.78 is 39.8. The van der Waals surface area contributed by atoms with E-state index in [9.17, 15) is 13.2 Å². The van der Waals surface area contributed by atoms with Gasteiger partial charge in [-0.3, -0.25) is 4.72 Å². The van der Waals surface area contributed by atoms with Crippen LogP contribution in [0.2, 0.25) is 0 Å². The third-order valence-corrected chi connectivity index (χ3v) is 2.39. The normalized spacial score (nSPS) is 14.1. The lowest BCUT2D eigenvalue weighted by Crippen LogP contribution is -2.28. The van der Waals surface area contributed by atoms with Gasteiger partial charge in [0, 0.05) is 4.47 Å². The van der Waals surface area contributed by atoms with Crippen molar-refractivity contribution in [2.45, 2.75) is 12.2 Å². The highest BCUT2D eigenvalue weighted by Crippen LogP contribution is 2.33. The zero-order valence-corrected chi connectivity index (χ0v) is 9.33. The minimum atomic E-state index is -4.34. The molecule has 6 heteroatoms. The summed E-state index contributed by atoms with van der Waals surface area (Å²) in [6.45, 7) is 0. The Morgan fingerprint density at radius 1 is 1.36 bits per heavy atom. The molecule has 1 aromatic carbocycles. The lowest BCUT2D eigenvalue weighted by Gasteiger charge is -2.19. The van der Waals surface area contributed by atoms with Gasteiger partial charge in [0.1, 0.15) is 6.04 Å². The first-order valence-electron chi connectivity index (χ1n) is 3.67. The summed E-state index contributed by atoms with van der Waals surface area (Å²) in [5.41, 5.74) is 0.127. The topological polar surface area (TPSA) is 12.0 Å². The number of rotatable bonds is 2. The van der Waals surface area contributed by atoms with Gasteiger partial charge < -0.3 is 0 Å². The molecule has 0 bridgehead atoms. The van der Waals surface area contributed by atoms with Crippen LogP contribution in [0.4, 0.5) is 13.2 Å². The number of thiol groups is 1. The molecule has 1 rings (SSSR count). The van der Waals surface area contributed by atoms with E-state index in [2.05, 4.69) is 28.7 Å². The Hall–Kier alpha value is -0.200. The second-order valence-electron chi connectivity index (χ2n) is 2.66. The Labute approximate surface area is 93.4 Å². The zero-order valence-electron chi connectivity index (χ0n) is 6.85. The summed E-state index contributed by atoms with van der Waals surface area (Å²) in [7, 11) is 0. The number of benzene rings is 1. The Morgan fingerprint density at radius 2 is 2.00 bits per heavy atom. The van der Waals surface area contributed by atoms with Gasteiger partial charge in [-0.25, -0.2) is 0 Å². The van der Waals surface area contributed by atoms with Gasteiger partial charge in [0.05, 0.1) is 0 Å². The largest absolute Gasteiger partial charge is 0.408 e. The molecule has 0 aliphatic heterocycles. The van der Waals surface area contributed by atoms with Gasteiger partial charge >= 0.3 is 6.18 Å². The fourth-order valence-electron chi connectivity index (χ4n) is 1.02. The molecule has 0 aliphatic rings. The van der Waals surface area contributed by atoms with E-state index in [1.807, 2.05) is 4.72 Å². The van der Waals surface area contributed by atoms with Crippen LogP contribution in [0.15, 0.2) is 28.7 Å². The summed E-state index contributed by atoms with van der Waals surface area (Å²) in [5, 5.41) is 0. The molecule has 0 aromatic heterocycles. The predicted octanol–water partition coefficient (Wildman–Crippen LogP) is 3.49. The van der Waals surface area contributed by atoms with E-state index in [1.165, 1.54) is 12.1 Å². The average molecular weight is 286 g/mol. The van der Waals surface area contributed by atoms with E-state index in [4.69, 9.17) is 0 Å².